The van der Waals surface area contributed by atoms with Crippen molar-refractivity contribution in [3.8, 4) is 11.5 Å². The minimum Gasteiger partial charge on any atom is -0.497 e. The Hall–Kier alpha value is -2.25. The number of para-hydroxylation sites is 1. The second-order valence-electron chi connectivity index (χ2n) is 7.55. The second-order valence-corrected chi connectivity index (χ2v) is 9.11. The van der Waals surface area contributed by atoms with E-state index in [2.05, 4.69) is 0 Å². The van der Waals surface area contributed by atoms with Gasteiger partial charge in [-0.1, -0.05) is 30.3 Å². The highest BCUT2D eigenvalue weighted by Crippen LogP contribution is 2.28. The van der Waals surface area contributed by atoms with Crippen LogP contribution in [0.25, 0.3) is 0 Å². The highest BCUT2D eigenvalue weighted by molar-refractivity contribution is 8.32. The number of carbonyl (C=O) groups excluding carboxylic acids is 1. The molecule has 0 aliphatic carbocycles. The van der Waals surface area contributed by atoms with Gasteiger partial charge < -0.3 is 19.1 Å². The SMILES string of the molecule is CCOC(=S)SC(=O)N(Cc1ccccc1OCc1ccc(OC)cc1)C(C)(C)C. The van der Waals surface area contributed by atoms with E-state index >= 15 is 0 Å². The molecule has 0 aromatic heterocycles. The zero-order valence-electron chi connectivity index (χ0n) is 18.1. The summed E-state index contributed by atoms with van der Waals surface area (Å²) in [6.07, 6.45) is 0. The molecule has 0 aliphatic heterocycles. The highest BCUT2D eigenvalue weighted by Gasteiger charge is 2.29. The Labute approximate surface area is 188 Å². The van der Waals surface area contributed by atoms with Crippen LogP contribution in [0, 0.1) is 0 Å². The zero-order valence-corrected chi connectivity index (χ0v) is 19.8. The smallest absolute Gasteiger partial charge is 0.290 e. The number of amides is 1. The van der Waals surface area contributed by atoms with Gasteiger partial charge in [-0.2, -0.15) is 0 Å². The molecule has 7 heteroatoms. The van der Waals surface area contributed by atoms with E-state index in [1.54, 1.807) is 12.0 Å². The first kappa shape index (κ1) is 24.0. The van der Waals surface area contributed by atoms with E-state index in [0.717, 1.165) is 34.4 Å². The van der Waals surface area contributed by atoms with Gasteiger partial charge in [-0.05, 0) is 63.7 Å². The molecule has 0 heterocycles. The van der Waals surface area contributed by atoms with Crippen LogP contribution in [-0.2, 0) is 17.9 Å². The summed E-state index contributed by atoms with van der Waals surface area (Å²) in [6.45, 7) is 9.10. The summed E-state index contributed by atoms with van der Waals surface area (Å²) in [6, 6.07) is 15.5. The molecule has 2 aromatic carbocycles. The first-order valence-electron chi connectivity index (χ1n) is 9.74. The lowest BCUT2D eigenvalue weighted by Gasteiger charge is -2.35. The Morgan fingerprint density at radius 2 is 1.77 bits per heavy atom. The number of hydrogen-bond donors (Lipinski definition) is 0. The lowest BCUT2D eigenvalue weighted by atomic mass is 10.1. The number of rotatable bonds is 7. The molecule has 2 rings (SSSR count). The lowest BCUT2D eigenvalue weighted by molar-refractivity contribution is 0.160. The molecule has 0 N–H and O–H groups in total. The minimum atomic E-state index is -0.394. The number of thiocarbonyl (C=S) groups is 1. The van der Waals surface area contributed by atoms with Crippen molar-refractivity contribution in [3.63, 3.8) is 0 Å². The van der Waals surface area contributed by atoms with E-state index in [9.17, 15) is 4.79 Å². The van der Waals surface area contributed by atoms with E-state index in [4.69, 9.17) is 26.4 Å². The van der Waals surface area contributed by atoms with Gasteiger partial charge in [0.1, 0.15) is 18.1 Å². The van der Waals surface area contributed by atoms with E-state index in [1.165, 1.54) is 0 Å². The third-order valence-corrected chi connectivity index (χ3v) is 5.36. The monoisotopic (exact) mass is 447 g/mol. The van der Waals surface area contributed by atoms with Crippen molar-refractivity contribution in [1.29, 1.82) is 0 Å². The molecule has 0 unspecified atom stereocenters. The van der Waals surface area contributed by atoms with Crippen LogP contribution in [0.4, 0.5) is 4.79 Å². The first-order chi connectivity index (χ1) is 14.2. The van der Waals surface area contributed by atoms with E-state index in [-0.39, 0.29) is 9.62 Å². The summed E-state index contributed by atoms with van der Waals surface area (Å²) >= 11 is 6.08. The number of nitrogens with zero attached hydrogens (tertiary/aromatic N) is 1. The molecule has 0 spiro atoms. The van der Waals surface area contributed by atoms with Crippen molar-refractivity contribution in [2.24, 2.45) is 0 Å². The van der Waals surface area contributed by atoms with Crippen LogP contribution in [0.5, 0.6) is 11.5 Å². The number of hydrogen-bond acceptors (Lipinski definition) is 6. The lowest BCUT2D eigenvalue weighted by Crippen LogP contribution is -2.43. The molecule has 0 bridgehead atoms. The molecule has 0 aliphatic rings. The Morgan fingerprint density at radius 3 is 2.37 bits per heavy atom. The third-order valence-electron chi connectivity index (χ3n) is 4.32. The average Bonchev–Trinajstić information content (AvgIpc) is 2.70. The molecule has 0 atom stereocenters. The van der Waals surface area contributed by atoms with Gasteiger partial charge >= 0.3 is 0 Å². The standard InChI is InChI=1S/C23H29NO4S2/c1-6-27-22(29)30-21(25)24(23(2,3)4)15-18-9-7-8-10-20(18)28-16-17-11-13-19(26-5)14-12-17/h7-14H,6,15-16H2,1-5H3. The summed E-state index contributed by atoms with van der Waals surface area (Å²) in [5.74, 6) is 1.55. The van der Waals surface area contributed by atoms with Crippen molar-refractivity contribution < 1.29 is 19.0 Å². The van der Waals surface area contributed by atoms with Gasteiger partial charge in [-0.3, -0.25) is 4.79 Å². The fourth-order valence-corrected chi connectivity index (χ4v) is 3.78. The number of methoxy groups -OCH3 is 1. The normalized spacial score (nSPS) is 11.0. The van der Waals surface area contributed by atoms with Crippen molar-refractivity contribution in [2.45, 2.75) is 46.4 Å². The summed E-state index contributed by atoms with van der Waals surface area (Å²) in [7, 11) is 1.64. The number of thioether (sulfide) groups is 1. The Kier molecular flexibility index (Phi) is 8.99. The van der Waals surface area contributed by atoms with Crippen molar-refractivity contribution >= 4 is 33.6 Å². The Morgan fingerprint density at radius 1 is 1.10 bits per heavy atom. The Balaban J connectivity index is 2.14. The molecule has 0 radical (unpaired) electrons. The third kappa shape index (κ3) is 7.22. The second kappa shape index (κ2) is 11.2. The van der Waals surface area contributed by atoms with E-state index < -0.39 is 5.54 Å². The average molecular weight is 448 g/mol. The van der Waals surface area contributed by atoms with Crippen LogP contribution in [0.15, 0.2) is 48.5 Å². The van der Waals surface area contributed by atoms with Crippen molar-refractivity contribution in [3.05, 3.63) is 59.7 Å². The molecule has 2 aromatic rings. The van der Waals surface area contributed by atoms with Crippen LogP contribution in [-0.4, -0.2) is 33.8 Å². The van der Waals surface area contributed by atoms with Gasteiger partial charge in [0, 0.05) is 22.9 Å². The topological polar surface area (TPSA) is 48.0 Å². The van der Waals surface area contributed by atoms with E-state index in [1.807, 2.05) is 76.2 Å². The maximum Gasteiger partial charge on any atom is 0.290 e. The quantitative estimate of drug-likeness (QED) is 0.482. The van der Waals surface area contributed by atoms with Crippen molar-refractivity contribution in [1.82, 2.24) is 4.90 Å². The number of carbonyl (C=O) groups is 1. The maximum atomic E-state index is 12.9. The predicted octanol–water partition coefficient (Wildman–Crippen LogP) is 6.05. The maximum absolute atomic E-state index is 12.9. The van der Waals surface area contributed by atoms with Crippen LogP contribution >= 0.6 is 24.0 Å². The van der Waals surface area contributed by atoms with Gasteiger partial charge in [-0.25, -0.2) is 0 Å². The fourth-order valence-electron chi connectivity index (χ4n) is 2.68. The fraction of sp³-hybridized carbons (Fsp3) is 0.391. The van der Waals surface area contributed by atoms with Crippen molar-refractivity contribution in [2.75, 3.05) is 13.7 Å². The highest BCUT2D eigenvalue weighted by atomic mass is 32.2. The van der Waals surface area contributed by atoms with Gasteiger partial charge in [-0.15, -0.1) is 0 Å². The molecule has 0 saturated heterocycles. The Bertz CT molecular complexity index is 847. The number of ether oxygens (including phenoxy) is 3. The number of benzene rings is 2. The summed E-state index contributed by atoms with van der Waals surface area (Å²) in [5, 5.41) is -0.147. The van der Waals surface area contributed by atoms with Gasteiger partial charge in [0.15, 0.2) is 0 Å². The zero-order chi connectivity index (χ0) is 22.1. The molecule has 162 valence electrons. The summed E-state index contributed by atoms with van der Waals surface area (Å²) in [5.41, 5.74) is 1.57. The largest absolute Gasteiger partial charge is 0.497 e. The molecule has 1 amide bonds. The molecule has 30 heavy (non-hydrogen) atoms. The first-order valence-corrected chi connectivity index (χ1v) is 11.0. The predicted molar refractivity (Wildman–Crippen MR) is 126 cm³/mol. The van der Waals surface area contributed by atoms with Crippen LogP contribution in [0.1, 0.15) is 38.8 Å². The van der Waals surface area contributed by atoms with Gasteiger partial charge in [0.25, 0.3) is 5.24 Å². The molecule has 5 nitrogen and oxygen atoms in total. The summed E-state index contributed by atoms with van der Waals surface area (Å²) < 4.78 is 16.8. The molecule has 0 saturated carbocycles. The molecule has 0 fully saturated rings. The molecular weight excluding hydrogens is 418 g/mol. The van der Waals surface area contributed by atoms with Gasteiger partial charge in [0.05, 0.1) is 20.3 Å². The van der Waals surface area contributed by atoms with Crippen LogP contribution < -0.4 is 9.47 Å². The van der Waals surface area contributed by atoms with Crippen LogP contribution in [0.3, 0.4) is 0 Å². The van der Waals surface area contributed by atoms with Gasteiger partial charge in [0.2, 0.25) is 4.38 Å². The molecular formula is C23H29NO4S2. The summed E-state index contributed by atoms with van der Waals surface area (Å²) in [4.78, 5) is 14.7. The van der Waals surface area contributed by atoms with E-state index in [0.29, 0.717) is 19.8 Å². The minimum absolute atomic E-state index is 0.147. The van der Waals surface area contributed by atoms with Crippen LogP contribution in [0.2, 0.25) is 0 Å².